The lowest BCUT2D eigenvalue weighted by Gasteiger charge is -2.00. The van der Waals surface area contributed by atoms with E-state index in [1.165, 1.54) is 6.26 Å². The third kappa shape index (κ3) is 2.44. The van der Waals surface area contributed by atoms with E-state index in [0.717, 1.165) is 6.42 Å². The molecule has 0 amide bonds. The highest BCUT2D eigenvalue weighted by Gasteiger charge is 2.55. The van der Waals surface area contributed by atoms with Crippen molar-refractivity contribution >= 4 is 9.84 Å². The second-order valence-electron chi connectivity index (χ2n) is 4.69. The van der Waals surface area contributed by atoms with E-state index in [1.807, 2.05) is 0 Å². The van der Waals surface area contributed by atoms with Crippen molar-refractivity contribution in [2.45, 2.75) is 20.3 Å². The summed E-state index contributed by atoms with van der Waals surface area (Å²) in [6.45, 7) is 5.01. The lowest BCUT2D eigenvalue weighted by atomic mass is 10.1. The average molecular weight is 205 g/mol. The van der Waals surface area contributed by atoms with E-state index in [2.05, 4.69) is 13.8 Å². The molecule has 2 atom stereocenters. The molecule has 0 bridgehead atoms. The van der Waals surface area contributed by atoms with E-state index in [4.69, 9.17) is 5.73 Å². The van der Waals surface area contributed by atoms with Gasteiger partial charge in [0.25, 0.3) is 0 Å². The van der Waals surface area contributed by atoms with Gasteiger partial charge in [-0.05, 0) is 30.2 Å². The van der Waals surface area contributed by atoms with Gasteiger partial charge in [0, 0.05) is 6.26 Å². The number of hydrogen-bond donors (Lipinski definition) is 1. The molecule has 3 nitrogen and oxygen atoms in total. The molecule has 1 fully saturated rings. The first-order valence-electron chi connectivity index (χ1n) is 4.67. The molecule has 0 aromatic rings. The molecule has 13 heavy (non-hydrogen) atoms. The second kappa shape index (κ2) is 3.24. The first-order chi connectivity index (χ1) is 5.79. The molecule has 1 rings (SSSR count). The molecule has 0 aliphatic heterocycles. The molecule has 0 radical (unpaired) electrons. The molecular formula is C9H19NO2S. The van der Waals surface area contributed by atoms with Crippen LogP contribution in [0.5, 0.6) is 0 Å². The van der Waals surface area contributed by atoms with Gasteiger partial charge in [0.2, 0.25) is 0 Å². The maximum absolute atomic E-state index is 10.9. The SMILES string of the molecule is CC1(C)C(CN)C1CCS(C)(=O)=O. The van der Waals surface area contributed by atoms with Crippen LogP contribution in [0, 0.1) is 17.3 Å². The van der Waals surface area contributed by atoms with Crippen molar-refractivity contribution in [1.82, 2.24) is 0 Å². The van der Waals surface area contributed by atoms with Gasteiger partial charge in [0.1, 0.15) is 9.84 Å². The third-order valence-corrected chi connectivity index (χ3v) is 4.32. The van der Waals surface area contributed by atoms with Crippen LogP contribution in [-0.2, 0) is 9.84 Å². The lowest BCUT2D eigenvalue weighted by molar-refractivity contribution is 0.529. The summed E-state index contributed by atoms with van der Waals surface area (Å²) in [6, 6.07) is 0. The van der Waals surface area contributed by atoms with Gasteiger partial charge < -0.3 is 5.73 Å². The summed E-state index contributed by atoms with van der Waals surface area (Å²) in [7, 11) is -2.80. The zero-order chi connectivity index (χ0) is 10.3. The smallest absolute Gasteiger partial charge is 0.147 e. The van der Waals surface area contributed by atoms with Crippen molar-refractivity contribution in [3.63, 3.8) is 0 Å². The molecule has 1 aliphatic carbocycles. The van der Waals surface area contributed by atoms with E-state index in [-0.39, 0.29) is 5.41 Å². The molecule has 0 saturated heterocycles. The Bertz CT molecular complexity index is 282. The van der Waals surface area contributed by atoms with E-state index in [1.54, 1.807) is 0 Å². The minimum absolute atomic E-state index is 0.263. The summed E-state index contributed by atoms with van der Waals surface area (Å²) in [4.78, 5) is 0. The summed E-state index contributed by atoms with van der Waals surface area (Å²) in [6.07, 6.45) is 2.06. The van der Waals surface area contributed by atoms with Gasteiger partial charge in [-0.2, -0.15) is 0 Å². The molecule has 0 spiro atoms. The Kier molecular flexibility index (Phi) is 2.74. The number of sulfone groups is 1. The van der Waals surface area contributed by atoms with Crippen LogP contribution in [0.15, 0.2) is 0 Å². The maximum Gasteiger partial charge on any atom is 0.147 e. The summed E-state index contributed by atoms with van der Waals surface area (Å²) in [5.74, 6) is 1.33. The Balaban J connectivity index is 2.42. The minimum atomic E-state index is -2.80. The van der Waals surface area contributed by atoms with Crippen LogP contribution in [-0.4, -0.2) is 27.0 Å². The molecule has 2 unspecified atom stereocenters. The third-order valence-electron chi connectivity index (χ3n) is 3.34. The van der Waals surface area contributed by atoms with Crippen molar-refractivity contribution in [3.8, 4) is 0 Å². The molecule has 1 aliphatic rings. The Morgan fingerprint density at radius 3 is 2.15 bits per heavy atom. The Labute approximate surface area is 80.6 Å². The molecule has 78 valence electrons. The van der Waals surface area contributed by atoms with Crippen molar-refractivity contribution in [2.75, 3.05) is 18.6 Å². The standard InChI is InChI=1S/C9H19NO2S/c1-9(2)7(8(9)6-10)4-5-13(3,11)12/h7-8H,4-6,10H2,1-3H3. The van der Waals surface area contributed by atoms with Crippen molar-refractivity contribution in [2.24, 2.45) is 23.0 Å². The predicted octanol–water partition coefficient (Wildman–Crippen LogP) is 0.652. The summed E-state index contributed by atoms with van der Waals surface area (Å²) in [5.41, 5.74) is 5.85. The fourth-order valence-corrected chi connectivity index (χ4v) is 2.92. The van der Waals surface area contributed by atoms with Crippen molar-refractivity contribution < 1.29 is 8.42 Å². The number of nitrogens with two attached hydrogens (primary N) is 1. The quantitative estimate of drug-likeness (QED) is 0.733. The van der Waals surface area contributed by atoms with E-state index in [0.29, 0.717) is 24.1 Å². The van der Waals surface area contributed by atoms with Crippen LogP contribution in [0.4, 0.5) is 0 Å². The second-order valence-corrected chi connectivity index (χ2v) is 6.95. The molecule has 0 aromatic carbocycles. The van der Waals surface area contributed by atoms with Crippen molar-refractivity contribution in [3.05, 3.63) is 0 Å². The predicted molar refractivity (Wildman–Crippen MR) is 54.1 cm³/mol. The van der Waals surface area contributed by atoms with Gasteiger partial charge in [-0.15, -0.1) is 0 Å². The van der Waals surface area contributed by atoms with Gasteiger partial charge >= 0.3 is 0 Å². The van der Waals surface area contributed by atoms with Gasteiger partial charge in [-0.1, -0.05) is 13.8 Å². The van der Waals surface area contributed by atoms with E-state index in [9.17, 15) is 8.42 Å². The van der Waals surface area contributed by atoms with Gasteiger partial charge in [0.15, 0.2) is 0 Å². The minimum Gasteiger partial charge on any atom is -0.330 e. The van der Waals surface area contributed by atoms with Crippen LogP contribution >= 0.6 is 0 Å². The fraction of sp³-hybridized carbons (Fsp3) is 1.00. The molecule has 0 heterocycles. The van der Waals surface area contributed by atoms with Crippen LogP contribution in [0.2, 0.25) is 0 Å². The molecule has 4 heteroatoms. The molecule has 1 saturated carbocycles. The zero-order valence-corrected chi connectivity index (χ0v) is 9.39. The largest absolute Gasteiger partial charge is 0.330 e. The van der Waals surface area contributed by atoms with Gasteiger partial charge in [0.05, 0.1) is 5.75 Å². The molecule has 2 N–H and O–H groups in total. The normalized spacial score (nSPS) is 31.7. The van der Waals surface area contributed by atoms with Gasteiger partial charge in [-0.3, -0.25) is 0 Å². The first kappa shape index (κ1) is 11.0. The van der Waals surface area contributed by atoms with Crippen molar-refractivity contribution in [1.29, 1.82) is 0 Å². The van der Waals surface area contributed by atoms with Gasteiger partial charge in [-0.25, -0.2) is 8.42 Å². The highest BCUT2D eigenvalue weighted by Crippen LogP contribution is 2.59. The highest BCUT2D eigenvalue weighted by atomic mass is 32.2. The summed E-state index contributed by atoms with van der Waals surface area (Å²) >= 11 is 0. The first-order valence-corrected chi connectivity index (χ1v) is 6.73. The Morgan fingerprint density at radius 1 is 1.31 bits per heavy atom. The number of hydrogen-bond acceptors (Lipinski definition) is 3. The summed E-state index contributed by atoms with van der Waals surface area (Å²) < 4.78 is 21.9. The highest BCUT2D eigenvalue weighted by molar-refractivity contribution is 7.90. The fourth-order valence-electron chi connectivity index (χ4n) is 2.24. The lowest BCUT2D eigenvalue weighted by Crippen LogP contribution is -2.07. The summed E-state index contributed by atoms with van der Waals surface area (Å²) in [5, 5.41) is 0. The van der Waals surface area contributed by atoms with E-state index < -0.39 is 9.84 Å². The topological polar surface area (TPSA) is 60.2 Å². The van der Waals surface area contributed by atoms with E-state index >= 15 is 0 Å². The molecular weight excluding hydrogens is 186 g/mol. The van der Waals surface area contributed by atoms with Crippen LogP contribution in [0.3, 0.4) is 0 Å². The van der Waals surface area contributed by atoms with Crippen LogP contribution < -0.4 is 5.73 Å². The van der Waals surface area contributed by atoms with Crippen LogP contribution in [0.1, 0.15) is 20.3 Å². The van der Waals surface area contributed by atoms with Crippen LogP contribution in [0.25, 0.3) is 0 Å². The Hall–Kier alpha value is -0.0900. The zero-order valence-electron chi connectivity index (χ0n) is 8.58. The Morgan fingerprint density at radius 2 is 1.85 bits per heavy atom. The molecule has 0 aromatic heterocycles. The maximum atomic E-state index is 10.9. The number of rotatable bonds is 4. The average Bonchev–Trinajstić information content (AvgIpc) is 2.46. The monoisotopic (exact) mass is 205 g/mol.